The van der Waals surface area contributed by atoms with Gasteiger partial charge in [0.1, 0.15) is 0 Å². The topological polar surface area (TPSA) is 70.2 Å². The number of nitrogens with one attached hydrogen (secondary N) is 3. The number of hydrogen-bond acceptors (Lipinski definition) is 3. The van der Waals surface area contributed by atoms with Crippen molar-refractivity contribution in [3.05, 3.63) is 0 Å². The van der Waals surface area contributed by atoms with Crippen LogP contribution < -0.4 is 16.0 Å². The van der Waals surface area contributed by atoms with Crippen LogP contribution in [0.2, 0.25) is 0 Å². The van der Waals surface area contributed by atoms with Crippen LogP contribution >= 0.6 is 0 Å². The monoisotopic (exact) mass is 243 g/mol. The van der Waals surface area contributed by atoms with Gasteiger partial charge in [-0.2, -0.15) is 0 Å². The predicted molar refractivity (Wildman–Crippen MR) is 68.7 cm³/mol. The molecule has 2 amide bonds. The van der Waals surface area contributed by atoms with Gasteiger partial charge in [0, 0.05) is 25.0 Å². The third-order valence-electron chi connectivity index (χ3n) is 2.28. The highest BCUT2D eigenvalue weighted by atomic mass is 16.2. The lowest BCUT2D eigenvalue weighted by Gasteiger charge is -2.12. The maximum atomic E-state index is 11.4. The van der Waals surface area contributed by atoms with Crippen LogP contribution in [0.5, 0.6) is 0 Å². The minimum Gasteiger partial charge on any atom is -0.354 e. The van der Waals surface area contributed by atoms with Gasteiger partial charge in [-0.1, -0.05) is 6.92 Å². The molecule has 0 spiro atoms. The summed E-state index contributed by atoms with van der Waals surface area (Å²) in [5.74, 6) is -0.0153. The Kier molecular flexibility index (Phi) is 8.40. The predicted octanol–water partition coefficient (Wildman–Crippen LogP) is 0.405. The molecule has 100 valence electrons. The van der Waals surface area contributed by atoms with E-state index >= 15 is 0 Å². The number of carbonyl (C=O) groups is 2. The van der Waals surface area contributed by atoms with E-state index < -0.39 is 0 Å². The summed E-state index contributed by atoms with van der Waals surface area (Å²) in [6.07, 6.45) is 1.33. The van der Waals surface area contributed by atoms with Crippen molar-refractivity contribution in [1.29, 1.82) is 0 Å². The molecule has 0 bridgehead atoms. The number of rotatable bonds is 8. The summed E-state index contributed by atoms with van der Waals surface area (Å²) in [6.45, 7) is 8.61. The molecule has 0 fully saturated rings. The van der Waals surface area contributed by atoms with Crippen molar-refractivity contribution in [3.8, 4) is 0 Å². The van der Waals surface area contributed by atoms with Crippen LogP contribution in [0.1, 0.15) is 40.5 Å². The van der Waals surface area contributed by atoms with Crippen molar-refractivity contribution in [3.63, 3.8) is 0 Å². The molecule has 0 aliphatic heterocycles. The van der Waals surface area contributed by atoms with E-state index in [0.717, 1.165) is 6.42 Å². The molecule has 5 heteroatoms. The van der Waals surface area contributed by atoms with E-state index in [1.165, 1.54) is 0 Å². The Morgan fingerprint density at radius 2 is 1.71 bits per heavy atom. The van der Waals surface area contributed by atoms with Gasteiger partial charge in [0.15, 0.2) is 0 Å². The SMILES string of the molecule is CCC(C)NC(=O)CCNCC(=O)NC(C)C. The molecule has 0 aromatic rings. The molecule has 0 saturated carbocycles. The third kappa shape index (κ3) is 9.81. The van der Waals surface area contributed by atoms with Gasteiger partial charge in [0.25, 0.3) is 0 Å². The van der Waals surface area contributed by atoms with E-state index in [1.54, 1.807) is 0 Å². The molecule has 1 atom stereocenters. The summed E-state index contributed by atoms with van der Waals surface area (Å²) in [5, 5.41) is 8.58. The van der Waals surface area contributed by atoms with Crippen molar-refractivity contribution >= 4 is 11.8 Å². The Bertz CT molecular complexity index is 242. The molecule has 0 radical (unpaired) electrons. The second kappa shape index (κ2) is 8.98. The molecule has 0 saturated heterocycles. The maximum absolute atomic E-state index is 11.4. The highest BCUT2D eigenvalue weighted by molar-refractivity contribution is 5.78. The van der Waals surface area contributed by atoms with Crippen molar-refractivity contribution in [2.45, 2.75) is 52.6 Å². The van der Waals surface area contributed by atoms with Crippen LogP contribution in [0.25, 0.3) is 0 Å². The Balaban J connectivity index is 3.51. The summed E-state index contributed by atoms with van der Waals surface area (Å²) in [7, 11) is 0. The first-order valence-corrected chi connectivity index (χ1v) is 6.25. The Hall–Kier alpha value is -1.10. The number of carbonyl (C=O) groups excluding carboxylic acids is 2. The van der Waals surface area contributed by atoms with Gasteiger partial charge in [0.2, 0.25) is 11.8 Å². The normalized spacial score (nSPS) is 12.3. The van der Waals surface area contributed by atoms with Gasteiger partial charge in [-0.25, -0.2) is 0 Å². The molecule has 17 heavy (non-hydrogen) atoms. The van der Waals surface area contributed by atoms with Gasteiger partial charge in [-0.3, -0.25) is 9.59 Å². The van der Waals surface area contributed by atoms with Crippen LogP contribution in [0.15, 0.2) is 0 Å². The van der Waals surface area contributed by atoms with E-state index in [4.69, 9.17) is 0 Å². The lowest BCUT2D eigenvalue weighted by molar-refractivity contribution is -0.123. The van der Waals surface area contributed by atoms with Gasteiger partial charge in [-0.15, -0.1) is 0 Å². The first-order chi connectivity index (χ1) is 7.95. The van der Waals surface area contributed by atoms with Crippen LogP contribution in [-0.2, 0) is 9.59 Å². The largest absolute Gasteiger partial charge is 0.354 e. The molecule has 0 heterocycles. The zero-order valence-corrected chi connectivity index (χ0v) is 11.3. The van der Waals surface area contributed by atoms with Gasteiger partial charge in [-0.05, 0) is 27.2 Å². The van der Waals surface area contributed by atoms with Gasteiger partial charge in [0.05, 0.1) is 6.54 Å². The first kappa shape index (κ1) is 15.9. The minimum absolute atomic E-state index is 0.0242. The van der Waals surface area contributed by atoms with Crippen molar-refractivity contribution in [1.82, 2.24) is 16.0 Å². The highest BCUT2D eigenvalue weighted by Gasteiger charge is 2.06. The molecule has 0 aromatic heterocycles. The van der Waals surface area contributed by atoms with E-state index in [9.17, 15) is 9.59 Å². The van der Waals surface area contributed by atoms with E-state index in [-0.39, 0.29) is 30.4 Å². The highest BCUT2D eigenvalue weighted by Crippen LogP contribution is 1.88. The van der Waals surface area contributed by atoms with Gasteiger partial charge >= 0.3 is 0 Å². The van der Waals surface area contributed by atoms with Crippen LogP contribution in [-0.4, -0.2) is 37.0 Å². The molecule has 1 unspecified atom stereocenters. The van der Waals surface area contributed by atoms with Gasteiger partial charge < -0.3 is 16.0 Å². The summed E-state index contributed by atoms with van der Waals surface area (Å²) in [4.78, 5) is 22.6. The summed E-state index contributed by atoms with van der Waals surface area (Å²) in [5.41, 5.74) is 0. The standard InChI is InChI=1S/C12H25N3O2/c1-5-10(4)15-11(16)6-7-13-8-12(17)14-9(2)3/h9-10,13H,5-8H2,1-4H3,(H,14,17)(H,15,16). The summed E-state index contributed by atoms with van der Waals surface area (Å²) < 4.78 is 0. The second-order valence-electron chi connectivity index (χ2n) is 4.53. The Morgan fingerprint density at radius 3 is 2.24 bits per heavy atom. The molecule has 0 aromatic carbocycles. The molecular weight excluding hydrogens is 218 g/mol. The van der Waals surface area contributed by atoms with E-state index in [0.29, 0.717) is 13.0 Å². The lowest BCUT2D eigenvalue weighted by Crippen LogP contribution is -2.39. The molecule has 0 aliphatic carbocycles. The zero-order valence-electron chi connectivity index (χ0n) is 11.3. The van der Waals surface area contributed by atoms with Crippen molar-refractivity contribution in [2.24, 2.45) is 0 Å². The Morgan fingerprint density at radius 1 is 1.06 bits per heavy atom. The Labute approximate surface area is 104 Å². The molecule has 3 N–H and O–H groups in total. The van der Waals surface area contributed by atoms with Crippen LogP contribution in [0, 0.1) is 0 Å². The van der Waals surface area contributed by atoms with E-state index in [2.05, 4.69) is 16.0 Å². The van der Waals surface area contributed by atoms with Crippen LogP contribution in [0.4, 0.5) is 0 Å². The fourth-order valence-corrected chi connectivity index (χ4v) is 1.23. The maximum Gasteiger partial charge on any atom is 0.234 e. The molecule has 5 nitrogen and oxygen atoms in total. The van der Waals surface area contributed by atoms with E-state index in [1.807, 2.05) is 27.7 Å². The lowest BCUT2D eigenvalue weighted by atomic mass is 10.2. The number of hydrogen-bond donors (Lipinski definition) is 3. The first-order valence-electron chi connectivity index (χ1n) is 6.25. The fraction of sp³-hybridized carbons (Fsp3) is 0.833. The average Bonchev–Trinajstić information content (AvgIpc) is 2.23. The molecule has 0 rings (SSSR count). The quantitative estimate of drug-likeness (QED) is 0.541. The zero-order chi connectivity index (χ0) is 13.3. The molecular formula is C12H25N3O2. The van der Waals surface area contributed by atoms with Crippen molar-refractivity contribution < 1.29 is 9.59 Å². The third-order valence-corrected chi connectivity index (χ3v) is 2.28. The smallest absolute Gasteiger partial charge is 0.234 e. The summed E-state index contributed by atoms with van der Waals surface area (Å²) in [6, 6.07) is 0.366. The molecule has 0 aliphatic rings. The summed E-state index contributed by atoms with van der Waals surface area (Å²) >= 11 is 0. The fourth-order valence-electron chi connectivity index (χ4n) is 1.23. The second-order valence-corrected chi connectivity index (χ2v) is 4.53. The van der Waals surface area contributed by atoms with Crippen LogP contribution in [0.3, 0.4) is 0 Å². The minimum atomic E-state index is -0.0395. The van der Waals surface area contributed by atoms with Crippen molar-refractivity contribution in [2.75, 3.05) is 13.1 Å². The number of amides is 2. The average molecular weight is 243 g/mol.